The maximum absolute atomic E-state index is 13.5. The SMILES string of the molecule is O=C(CSc1cccc(Br)c1)Nc1cc(Cl)ccc1F. The van der Waals surface area contributed by atoms with Crippen LogP contribution in [-0.2, 0) is 4.79 Å². The molecule has 0 aromatic heterocycles. The quantitative estimate of drug-likeness (QED) is 0.765. The summed E-state index contributed by atoms with van der Waals surface area (Å²) < 4.78 is 14.4. The van der Waals surface area contributed by atoms with Crippen LogP contribution >= 0.6 is 39.3 Å². The average Bonchev–Trinajstić information content (AvgIpc) is 2.41. The zero-order valence-corrected chi connectivity index (χ0v) is 13.4. The minimum absolute atomic E-state index is 0.0948. The summed E-state index contributed by atoms with van der Waals surface area (Å²) in [5.41, 5.74) is 0.0948. The summed E-state index contributed by atoms with van der Waals surface area (Å²) in [6.07, 6.45) is 0. The van der Waals surface area contributed by atoms with E-state index in [-0.39, 0.29) is 17.3 Å². The van der Waals surface area contributed by atoms with Crippen molar-refractivity contribution in [1.82, 2.24) is 0 Å². The molecule has 0 aliphatic heterocycles. The number of rotatable bonds is 4. The molecule has 0 unspecified atom stereocenters. The van der Waals surface area contributed by atoms with Gasteiger partial charge in [0.1, 0.15) is 5.82 Å². The summed E-state index contributed by atoms with van der Waals surface area (Å²) in [6, 6.07) is 11.7. The maximum Gasteiger partial charge on any atom is 0.234 e. The van der Waals surface area contributed by atoms with Crippen LogP contribution < -0.4 is 5.32 Å². The Hall–Kier alpha value is -1.04. The Balaban J connectivity index is 1.94. The average molecular weight is 375 g/mol. The maximum atomic E-state index is 13.5. The largest absolute Gasteiger partial charge is 0.323 e. The molecular weight excluding hydrogens is 365 g/mol. The highest BCUT2D eigenvalue weighted by molar-refractivity contribution is 9.10. The van der Waals surface area contributed by atoms with Crippen molar-refractivity contribution >= 4 is 50.9 Å². The van der Waals surface area contributed by atoms with Gasteiger partial charge in [-0.25, -0.2) is 4.39 Å². The minimum atomic E-state index is -0.504. The van der Waals surface area contributed by atoms with Crippen LogP contribution in [0.15, 0.2) is 51.8 Å². The molecule has 1 amide bonds. The van der Waals surface area contributed by atoms with Crippen LogP contribution in [-0.4, -0.2) is 11.7 Å². The van der Waals surface area contributed by atoms with Gasteiger partial charge in [0.15, 0.2) is 0 Å². The van der Waals surface area contributed by atoms with Gasteiger partial charge in [0.25, 0.3) is 0 Å². The summed E-state index contributed by atoms with van der Waals surface area (Å²) in [6.45, 7) is 0. The highest BCUT2D eigenvalue weighted by atomic mass is 79.9. The Morgan fingerprint density at radius 3 is 2.85 bits per heavy atom. The van der Waals surface area contributed by atoms with E-state index in [1.54, 1.807) is 0 Å². The monoisotopic (exact) mass is 373 g/mol. The number of hydrogen-bond acceptors (Lipinski definition) is 2. The molecule has 0 bridgehead atoms. The van der Waals surface area contributed by atoms with Crippen molar-refractivity contribution in [1.29, 1.82) is 0 Å². The zero-order valence-electron chi connectivity index (χ0n) is 10.2. The van der Waals surface area contributed by atoms with Gasteiger partial charge in [0.2, 0.25) is 5.91 Å². The van der Waals surface area contributed by atoms with Crippen molar-refractivity contribution in [2.24, 2.45) is 0 Å². The Bertz CT molecular complexity index is 638. The Labute approximate surface area is 133 Å². The molecule has 0 aliphatic carbocycles. The van der Waals surface area contributed by atoms with E-state index in [0.717, 1.165) is 9.37 Å². The minimum Gasteiger partial charge on any atom is -0.323 e. The van der Waals surface area contributed by atoms with Gasteiger partial charge in [0.05, 0.1) is 11.4 Å². The van der Waals surface area contributed by atoms with Crippen LogP contribution in [0.3, 0.4) is 0 Å². The molecule has 0 fully saturated rings. The molecule has 2 rings (SSSR count). The molecule has 0 spiro atoms. The fraction of sp³-hybridized carbons (Fsp3) is 0.0714. The molecule has 2 nitrogen and oxygen atoms in total. The lowest BCUT2D eigenvalue weighted by Crippen LogP contribution is -2.15. The van der Waals surface area contributed by atoms with Crippen molar-refractivity contribution < 1.29 is 9.18 Å². The molecule has 104 valence electrons. The summed E-state index contributed by atoms with van der Waals surface area (Å²) in [7, 11) is 0. The predicted octanol–water partition coefficient (Wildman–Crippen LogP) is 4.97. The smallest absolute Gasteiger partial charge is 0.234 e. The third-order valence-electron chi connectivity index (χ3n) is 2.37. The molecule has 0 radical (unpaired) electrons. The molecule has 2 aromatic rings. The summed E-state index contributed by atoms with van der Waals surface area (Å²) in [5, 5.41) is 2.88. The lowest BCUT2D eigenvalue weighted by molar-refractivity contribution is -0.113. The molecule has 1 N–H and O–H groups in total. The van der Waals surface area contributed by atoms with Gasteiger partial charge >= 0.3 is 0 Å². The topological polar surface area (TPSA) is 29.1 Å². The van der Waals surface area contributed by atoms with Gasteiger partial charge in [-0.15, -0.1) is 11.8 Å². The van der Waals surface area contributed by atoms with Crippen LogP contribution in [0.25, 0.3) is 0 Å². The molecule has 6 heteroatoms. The van der Waals surface area contributed by atoms with Crippen LogP contribution in [0, 0.1) is 5.82 Å². The Kier molecular flexibility index (Phi) is 5.46. The van der Waals surface area contributed by atoms with E-state index in [1.165, 1.54) is 30.0 Å². The Morgan fingerprint density at radius 2 is 2.10 bits per heavy atom. The van der Waals surface area contributed by atoms with E-state index in [4.69, 9.17) is 11.6 Å². The molecule has 0 saturated carbocycles. The first kappa shape index (κ1) is 15.4. The molecule has 0 aliphatic rings. The van der Waals surface area contributed by atoms with E-state index in [2.05, 4.69) is 21.2 Å². The first-order chi connectivity index (χ1) is 9.54. The van der Waals surface area contributed by atoms with Crippen molar-refractivity contribution in [3.8, 4) is 0 Å². The van der Waals surface area contributed by atoms with Gasteiger partial charge < -0.3 is 5.32 Å². The van der Waals surface area contributed by atoms with Crippen molar-refractivity contribution in [3.05, 3.63) is 57.8 Å². The number of carbonyl (C=O) groups excluding carboxylic acids is 1. The number of hydrogen-bond donors (Lipinski definition) is 1. The highest BCUT2D eigenvalue weighted by Gasteiger charge is 2.08. The fourth-order valence-electron chi connectivity index (χ4n) is 1.49. The zero-order chi connectivity index (χ0) is 14.5. The highest BCUT2D eigenvalue weighted by Crippen LogP contribution is 2.23. The van der Waals surface area contributed by atoms with E-state index in [1.807, 2.05) is 24.3 Å². The van der Waals surface area contributed by atoms with Crippen molar-refractivity contribution in [2.45, 2.75) is 4.90 Å². The number of carbonyl (C=O) groups is 1. The first-order valence-corrected chi connectivity index (χ1v) is 7.83. The van der Waals surface area contributed by atoms with Crippen LogP contribution in [0.2, 0.25) is 5.02 Å². The molecule has 0 heterocycles. The van der Waals surface area contributed by atoms with E-state index in [0.29, 0.717) is 5.02 Å². The number of amides is 1. The van der Waals surface area contributed by atoms with Gasteiger partial charge in [0, 0.05) is 14.4 Å². The molecular formula is C14H10BrClFNOS. The van der Waals surface area contributed by atoms with Gasteiger partial charge in [-0.3, -0.25) is 4.79 Å². The summed E-state index contributed by atoms with van der Waals surface area (Å²) in [4.78, 5) is 12.7. The molecule has 20 heavy (non-hydrogen) atoms. The van der Waals surface area contributed by atoms with Crippen LogP contribution in [0.4, 0.5) is 10.1 Å². The van der Waals surface area contributed by atoms with E-state index < -0.39 is 5.82 Å². The third kappa shape index (κ3) is 4.51. The number of anilines is 1. The third-order valence-corrected chi connectivity index (χ3v) is 4.09. The van der Waals surface area contributed by atoms with E-state index in [9.17, 15) is 9.18 Å². The van der Waals surface area contributed by atoms with Crippen LogP contribution in [0.5, 0.6) is 0 Å². The van der Waals surface area contributed by atoms with Crippen molar-refractivity contribution in [2.75, 3.05) is 11.1 Å². The standard InChI is InChI=1S/C14H10BrClFNOS/c15-9-2-1-3-11(6-9)20-8-14(19)18-13-7-10(16)4-5-12(13)17/h1-7H,8H2,(H,18,19). The van der Waals surface area contributed by atoms with Gasteiger partial charge in [-0.1, -0.05) is 33.6 Å². The van der Waals surface area contributed by atoms with E-state index >= 15 is 0 Å². The molecule has 0 saturated heterocycles. The normalized spacial score (nSPS) is 10.3. The molecule has 0 atom stereocenters. The summed E-state index contributed by atoms with van der Waals surface area (Å²) in [5.74, 6) is -0.589. The molecule has 2 aromatic carbocycles. The predicted molar refractivity (Wildman–Crippen MR) is 84.9 cm³/mol. The number of halogens is 3. The second-order valence-electron chi connectivity index (χ2n) is 3.92. The number of thioether (sulfide) groups is 1. The first-order valence-electron chi connectivity index (χ1n) is 5.68. The van der Waals surface area contributed by atoms with Crippen molar-refractivity contribution in [3.63, 3.8) is 0 Å². The number of benzene rings is 2. The number of nitrogens with one attached hydrogen (secondary N) is 1. The van der Waals surface area contributed by atoms with Gasteiger partial charge in [-0.05, 0) is 36.4 Å². The fourth-order valence-corrected chi connectivity index (χ4v) is 2.96. The van der Waals surface area contributed by atoms with Gasteiger partial charge in [-0.2, -0.15) is 0 Å². The lowest BCUT2D eigenvalue weighted by atomic mass is 10.3. The second kappa shape index (κ2) is 7.11. The van der Waals surface area contributed by atoms with Crippen LogP contribution in [0.1, 0.15) is 0 Å². The lowest BCUT2D eigenvalue weighted by Gasteiger charge is -2.07. The Morgan fingerprint density at radius 1 is 1.30 bits per heavy atom. The second-order valence-corrected chi connectivity index (χ2v) is 6.32. The summed E-state index contributed by atoms with van der Waals surface area (Å²) >= 11 is 10.5.